The number of nitrogens with zero attached hydrogens (tertiary/aromatic N) is 2. The Balaban J connectivity index is 2.85. The molecule has 0 aliphatic carbocycles. The largest absolute Gasteiger partial charge is 0.245 e. The molecule has 0 saturated carbocycles. The smallest absolute Gasteiger partial charge is 0.215 e. The molecule has 1 atom stereocenters. The van der Waals surface area contributed by atoms with Crippen molar-refractivity contribution in [1.82, 2.24) is 9.97 Å². The molecule has 48 valence electrons. The van der Waals surface area contributed by atoms with Crippen LogP contribution in [0.4, 0.5) is 4.39 Å². The third-order valence-electron chi connectivity index (χ3n) is 0.828. The van der Waals surface area contributed by atoms with Crippen LogP contribution in [-0.4, -0.2) is 9.97 Å². The van der Waals surface area contributed by atoms with Crippen LogP contribution in [0.25, 0.3) is 0 Å². The highest BCUT2D eigenvalue weighted by molar-refractivity contribution is 6.19. The Kier molecular flexibility index (Phi) is 1.95. The maximum absolute atomic E-state index is 12.1. The fourth-order valence-corrected chi connectivity index (χ4v) is 0.559. The number of aromatic nitrogens is 2. The first-order chi connectivity index (χ1) is 4.30. The molecule has 0 spiro atoms. The molecule has 9 heavy (non-hydrogen) atoms. The van der Waals surface area contributed by atoms with Gasteiger partial charge in [0.1, 0.15) is 6.33 Å². The van der Waals surface area contributed by atoms with Gasteiger partial charge in [-0.3, -0.25) is 0 Å². The van der Waals surface area contributed by atoms with Gasteiger partial charge in [0, 0.05) is 6.20 Å². The summed E-state index contributed by atoms with van der Waals surface area (Å²) in [6.07, 6.45) is 2.70. The Morgan fingerprint density at radius 1 is 1.67 bits per heavy atom. The van der Waals surface area contributed by atoms with Crippen LogP contribution >= 0.6 is 11.6 Å². The minimum absolute atomic E-state index is 0.201. The Morgan fingerprint density at radius 3 is 2.78 bits per heavy atom. The van der Waals surface area contributed by atoms with Gasteiger partial charge in [0.15, 0.2) is 0 Å². The maximum atomic E-state index is 12.1. The zero-order valence-electron chi connectivity index (χ0n) is 4.46. The highest BCUT2D eigenvalue weighted by Gasteiger charge is 2.03. The molecular weight excluding hydrogens is 143 g/mol. The normalized spacial score (nSPS) is 13.1. The van der Waals surface area contributed by atoms with E-state index in [-0.39, 0.29) is 5.69 Å². The lowest BCUT2D eigenvalue weighted by atomic mass is 10.4. The fraction of sp³-hybridized carbons (Fsp3) is 0.200. The molecule has 0 saturated heterocycles. The van der Waals surface area contributed by atoms with Crippen LogP contribution in [0, 0.1) is 0 Å². The van der Waals surface area contributed by atoms with E-state index in [1.165, 1.54) is 18.6 Å². The summed E-state index contributed by atoms with van der Waals surface area (Å²) in [5, 5.41) is 0. The average Bonchev–Trinajstić information content (AvgIpc) is 1.90. The summed E-state index contributed by atoms with van der Waals surface area (Å²) >= 11 is 5.05. The molecule has 1 aromatic rings. The zero-order chi connectivity index (χ0) is 6.69. The van der Waals surface area contributed by atoms with E-state index in [0.29, 0.717) is 0 Å². The van der Waals surface area contributed by atoms with Gasteiger partial charge < -0.3 is 0 Å². The van der Waals surface area contributed by atoms with Gasteiger partial charge in [0.05, 0.1) is 5.69 Å². The zero-order valence-corrected chi connectivity index (χ0v) is 5.22. The van der Waals surface area contributed by atoms with Crippen molar-refractivity contribution in [2.45, 2.75) is 5.63 Å². The second kappa shape index (κ2) is 2.73. The lowest BCUT2D eigenvalue weighted by Gasteiger charge is -1.94. The first-order valence-electron chi connectivity index (χ1n) is 2.35. The van der Waals surface area contributed by atoms with Gasteiger partial charge in [0.2, 0.25) is 5.63 Å². The average molecular weight is 147 g/mol. The van der Waals surface area contributed by atoms with E-state index in [0.717, 1.165) is 0 Å². The number of halogens is 2. The SMILES string of the molecule is FC(Cl)c1ccncn1. The van der Waals surface area contributed by atoms with Crippen molar-refractivity contribution in [3.05, 3.63) is 24.3 Å². The monoisotopic (exact) mass is 146 g/mol. The van der Waals surface area contributed by atoms with Crippen LogP contribution in [0.5, 0.6) is 0 Å². The predicted octanol–water partition coefficient (Wildman–Crippen LogP) is 1.68. The highest BCUT2D eigenvalue weighted by Crippen LogP contribution is 2.17. The Hall–Kier alpha value is -0.700. The van der Waals surface area contributed by atoms with Crippen molar-refractivity contribution < 1.29 is 4.39 Å². The molecule has 0 N–H and O–H groups in total. The molecule has 0 bridgehead atoms. The Labute approximate surface area is 56.7 Å². The van der Waals surface area contributed by atoms with Gasteiger partial charge in [-0.05, 0) is 6.07 Å². The first kappa shape index (κ1) is 6.42. The van der Waals surface area contributed by atoms with Gasteiger partial charge >= 0.3 is 0 Å². The highest BCUT2D eigenvalue weighted by atomic mass is 35.5. The fourth-order valence-electron chi connectivity index (χ4n) is 0.430. The van der Waals surface area contributed by atoms with E-state index in [1.807, 2.05) is 0 Å². The number of hydrogen-bond acceptors (Lipinski definition) is 2. The molecule has 0 radical (unpaired) electrons. The summed E-state index contributed by atoms with van der Waals surface area (Å²) in [6.45, 7) is 0. The van der Waals surface area contributed by atoms with E-state index in [9.17, 15) is 4.39 Å². The van der Waals surface area contributed by atoms with Crippen LogP contribution in [0.1, 0.15) is 11.3 Å². The van der Waals surface area contributed by atoms with Gasteiger partial charge in [-0.15, -0.1) is 0 Å². The van der Waals surface area contributed by atoms with Crippen molar-refractivity contribution in [2.24, 2.45) is 0 Å². The molecule has 0 aromatic carbocycles. The minimum atomic E-state index is -1.52. The minimum Gasteiger partial charge on any atom is -0.245 e. The van der Waals surface area contributed by atoms with Crippen molar-refractivity contribution in [1.29, 1.82) is 0 Å². The molecular formula is C5H4ClFN2. The van der Waals surface area contributed by atoms with E-state index in [1.54, 1.807) is 0 Å². The van der Waals surface area contributed by atoms with Gasteiger partial charge in [0.25, 0.3) is 0 Å². The molecule has 0 amide bonds. The number of rotatable bonds is 1. The Morgan fingerprint density at radius 2 is 2.44 bits per heavy atom. The van der Waals surface area contributed by atoms with E-state index < -0.39 is 5.63 Å². The van der Waals surface area contributed by atoms with Crippen molar-refractivity contribution in [3.63, 3.8) is 0 Å². The summed E-state index contributed by atoms with van der Waals surface area (Å²) < 4.78 is 12.1. The molecule has 0 aliphatic heterocycles. The molecule has 0 aliphatic rings. The van der Waals surface area contributed by atoms with Crippen LogP contribution in [0.3, 0.4) is 0 Å². The topological polar surface area (TPSA) is 25.8 Å². The van der Waals surface area contributed by atoms with Crippen LogP contribution in [-0.2, 0) is 0 Å². The molecule has 1 unspecified atom stereocenters. The van der Waals surface area contributed by atoms with Gasteiger partial charge in [-0.1, -0.05) is 11.6 Å². The first-order valence-corrected chi connectivity index (χ1v) is 2.78. The Bertz CT molecular complexity index is 178. The van der Waals surface area contributed by atoms with E-state index in [4.69, 9.17) is 11.6 Å². The standard InChI is InChI=1S/C5H4ClFN2/c6-5(7)4-1-2-8-3-9-4/h1-3,5H. The third kappa shape index (κ3) is 1.61. The van der Waals surface area contributed by atoms with E-state index in [2.05, 4.69) is 9.97 Å². The molecule has 1 aromatic heterocycles. The summed E-state index contributed by atoms with van der Waals surface area (Å²) in [5.74, 6) is 0. The third-order valence-corrected chi connectivity index (χ3v) is 1.05. The molecule has 2 nitrogen and oxygen atoms in total. The summed E-state index contributed by atoms with van der Waals surface area (Å²) in [4.78, 5) is 7.15. The van der Waals surface area contributed by atoms with Crippen molar-refractivity contribution in [2.75, 3.05) is 0 Å². The van der Waals surface area contributed by atoms with Crippen molar-refractivity contribution >= 4 is 11.6 Å². The number of alkyl halides is 2. The molecule has 1 heterocycles. The second-order valence-electron chi connectivity index (χ2n) is 1.43. The second-order valence-corrected chi connectivity index (χ2v) is 1.82. The molecule has 1 rings (SSSR count). The quantitative estimate of drug-likeness (QED) is 0.564. The molecule has 0 fully saturated rings. The summed E-state index contributed by atoms with van der Waals surface area (Å²) in [7, 11) is 0. The maximum Gasteiger partial charge on any atom is 0.215 e. The lowest BCUT2D eigenvalue weighted by Crippen LogP contribution is -1.87. The van der Waals surface area contributed by atoms with E-state index >= 15 is 0 Å². The summed E-state index contributed by atoms with van der Waals surface area (Å²) in [6, 6.07) is 1.43. The van der Waals surface area contributed by atoms with Crippen LogP contribution in [0.15, 0.2) is 18.6 Å². The van der Waals surface area contributed by atoms with Crippen LogP contribution in [0.2, 0.25) is 0 Å². The summed E-state index contributed by atoms with van der Waals surface area (Å²) in [5.41, 5.74) is -1.32. The number of hydrogen-bond donors (Lipinski definition) is 0. The van der Waals surface area contributed by atoms with Crippen molar-refractivity contribution in [3.8, 4) is 0 Å². The van der Waals surface area contributed by atoms with Gasteiger partial charge in [-0.2, -0.15) is 0 Å². The van der Waals surface area contributed by atoms with Crippen LogP contribution < -0.4 is 0 Å². The van der Waals surface area contributed by atoms with Gasteiger partial charge in [-0.25, -0.2) is 14.4 Å². The lowest BCUT2D eigenvalue weighted by molar-refractivity contribution is 0.450. The predicted molar refractivity (Wildman–Crippen MR) is 31.7 cm³/mol. The molecule has 4 heteroatoms.